The van der Waals surface area contributed by atoms with Crippen molar-refractivity contribution in [1.82, 2.24) is 10.1 Å². The van der Waals surface area contributed by atoms with Crippen LogP contribution in [0.2, 0.25) is 0 Å². The minimum Gasteiger partial charge on any atom is -0.495 e. The number of hydrogen-bond donors (Lipinski definition) is 0. The van der Waals surface area contributed by atoms with Crippen LogP contribution in [0.1, 0.15) is 5.69 Å². The Morgan fingerprint density at radius 3 is 2.78 bits per heavy atom. The molecule has 3 rings (SSSR count). The first kappa shape index (κ1) is 10.8. The van der Waals surface area contributed by atoms with Crippen LogP contribution in [0, 0.1) is 6.92 Å². The molecule has 0 saturated heterocycles. The lowest BCUT2D eigenvalue weighted by atomic mass is 10.1. The van der Waals surface area contributed by atoms with Gasteiger partial charge in [0.1, 0.15) is 5.75 Å². The number of aromatic nitrogens is 2. The van der Waals surface area contributed by atoms with Crippen LogP contribution in [0.3, 0.4) is 0 Å². The summed E-state index contributed by atoms with van der Waals surface area (Å²) in [5, 5.41) is 4.87. The average Bonchev–Trinajstić information content (AvgIpc) is 2.81. The van der Waals surface area contributed by atoms with Gasteiger partial charge in [0.05, 0.1) is 23.9 Å². The smallest absolute Gasteiger partial charge is 0.170 e. The minimum absolute atomic E-state index is 0.726. The molecule has 18 heavy (non-hydrogen) atoms. The van der Waals surface area contributed by atoms with Gasteiger partial charge in [-0.05, 0) is 31.2 Å². The zero-order valence-corrected chi connectivity index (χ0v) is 10.2. The summed E-state index contributed by atoms with van der Waals surface area (Å²) in [6.07, 6.45) is 1.76. The molecule has 0 saturated carbocycles. The number of methoxy groups -OCH3 is 1. The fourth-order valence-corrected chi connectivity index (χ4v) is 2.08. The van der Waals surface area contributed by atoms with Crippen LogP contribution in [-0.4, -0.2) is 17.3 Å². The number of pyridine rings is 1. The van der Waals surface area contributed by atoms with Gasteiger partial charge in [-0.1, -0.05) is 11.2 Å². The molecule has 0 N–H and O–H groups in total. The molecule has 2 heterocycles. The van der Waals surface area contributed by atoms with E-state index >= 15 is 0 Å². The molecule has 0 spiro atoms. The first-order valence-electron chi connectivity index (χ1n) is 5.65. The molecule has 0 aliphatic heterocycles. The summed E-state index contributed by atoms with van der Waals surface area (Å²) in [4.78, 5) is 4.35. The molecule has 0 bridgehead atoms. The number of benzene rings is 1. The van der Waals surface area contributed by atoms with E-state index in [1.165, 1.54) is 0 Å². The van der Waals surface area contributed by atoms with Crippen LogP contribution in [0.15, 0.2) is 41.1 Å². The zero-order chi connectivity index (χ0) is 12.5. The van der Waals surface area contributed by atoms with Gasteiger partial charge in [-0.15, -0.1) is 0 Å². The topological polar surface area (TPSA) is 48.2 Å². The van der Waals surface area contributed by atoms with Crippen molar-refractivity contribution >= 4 is 11.0 Å². The predicted molar refractivity (Wildman–Crippen MR) is 68.5 cm³/mol. The summed E-state index contributed by atoms with van der Waals surface area (Å²) in [5.74, 6) is 0.755. The summed E-state index contributed by atoms with van der Waals surface area (Å²) in [6, 6.07) is 9.62. The van der Waals surface area contributed by atoms with E-state index in [9.17, 15) is 0 Å². The van der Waals surface area contributed by atoms with E-state index in [0.29, 0.717) is 0 Å². The molecule has 4 heteroatoms. The highest BCUT2D eigenvalue weighted by Crippen LogP contribution is 2.37. The van der Waals surface area contributed by atoms with Crippen molar-refractivity contribution in [3.05, 3.63) is 42.2 Å². The lowest BCUT2D eigenvalue weighted by molar-refractivity contribution is 0.420. The SMILES string of the molecule is COc1c(-c2ccccn2)ccc2onc(C)c12. The summed E-state index contributed by atoms with van der Waals surface area (Å²) in [7, 11) is 1.65. The summed E-state index contributed by atoms with van der Waals surface area (Å²) in [6.45, 7) is 1.90. The van der Waals surface area contributed by atoms with Gasteiger partial charge in [0.15, 0.2) is 5.58 Å². The maximum absolute atomic E-state index is 5.51. The van der Waals surface area contributed by atoms with Gasteiger partial charge in [0.25, 0.3) is 0 Å². The molecule has 0 atom stereocenters. The van der Waals surface area contributed by atoms with E-state index in [2.05, 4.69) is 10.1 Å². The summed E-state index contributed by atoms with van der Waals surface area (Å²) < 4.78 is 10.7. The maximum Gasteiger partial charge on any atom is 0.170 e. The Balaban J connectivity index is 2.33. The Bertz CT molecular complexity index is 690. The van der Waals surface area contributed by atoms with Gasteiger partial charge in [-0.3, -0.25) is 4.98 Å². The van der Waals surface area contributed by atoms with Crippen LogP contribution in [0.5, 0.6) is 5.75 Å². The summed E-state index contributed by atoms with van der Waals surface area (Å²) in [5.41, 5.74) is 3.36. The molecular weight excluding hydrogens is 228 g/mol. The van der Waals surface area contributed by atoms with E-state index in [4.69, 9.17) is 9.26 Å². The number of aryl methyl sites for hydroxylation is 1. The van der Waals surface area contributed by atoms with Crippen LogP contribution >= 0.6 is 0 Å². The second-order valence-electron chi connectivity index (χ2n) is 4.00. The average molecular weight is 240 g/mol. The molecule has 0 radical (unpaired) electrons. The fraction of sp³-hybridized carbons (Fsp3) is 0.143. The molecule has 0 amide bonds. The maximum atomic E-state index is 5.51. The van der Waals surface area contributed by atoms with Gasteiger partial charge in [0, 0.05) is 11.8 Å². The van der Waals surface area contributed by atoms with Crippen molar-refractivity contribution in [2.75, 3.05) is 7.11 Å². The van der Waals surface area contributed by atoms with Gasteiger partial charge in [-0.25, -0.2) is 0 Å². The quantitative estimate of drug-likeness (QED) is 0.690. The van der Waals surface area contributed by atoms with E-state index in [1.807, 2.05) is 37.3 Å². The lowest BCUT2D eigenvalue weighted by Gasteiger charge is -2.08. The Morgan fingerprint density at radius 1 is 1.17 bits per heavy atom. The molecule has 4 nitrogen and oxygen atoms in total. The highest BCUT2D eigenvalue weighted by Gasteiger charge is 2.16. The normalized spacial score (nSPS) is 10.8. The third-order valence-corrected chi connectivity index (χ3v) is 2.91. The zero-order valence-electron chi connectivity index (χ0n) is 10.2. The number of ether oxygens (including phenoxy) is 1. The Labute approximate surface area is 104 Å². The molecule has 3 aromatic rings. The largest absolute Gasteiger partial charge is 0.495 e. The molecule has 1 aromatic carbocycles. The second kappa shape index (κ2) is 4.14. The molecule has 0 unspecified atom stereocenters. The third kappa shape index (κ3) is 1.54. The Kier molecular flexibility index (Phi) is 2.48. The second-order valence-corrected chi connectivity index (χ2v) is 4.00. The van der Waals surface area contributed by atoms with Crippen LogP contribution < -0.4 is 4.74 Å². The number of rotatable bonds is 2. The van der Waals surface area contributed by atoms with E-state index in [0.717, 1.165) is 33.7 Å². The molecular formula is C14H12N2O2. The van der Waals surface area contributed by atoms with Gasteiger partial charge in [-0.2, -0.15) is 0 Å². The summed E-state index contributed by atoms with van der Waals surface area (Å²) >= 11 is 0. The first-order valence-corrected chi connectivity index (χ1v) is 5.65. The van der Waals surface area contributed by atoms with Crippen molar-refractivity contribution in [2.45, 2.75) is 6.92 Å². The predicted octanol–water partition coefficient (Wildman–Crippen LogP) is 3.21. The lowest BCUT2D eigenvalue weighted by Crippen LogP contribution is -1.91. The van der Waals surface area contributed by atoms with Gasteiger partial charge in [0.2, 0.25) is 0 Å². The molecule has 2 aromatic heterocycles. The van der Waals surface area contributed by atoms with Gasteiger partial charge >= 0.3 is 0 Å². The van der Waals surface area contributed by atoms with E-state index < -0.39 is 0 Å². The monoisotopic (exact) mass is 240 g/mol. The van der Waals surface area contributed by atoms with Crippen molar-refractivity contribution in [3.8, 4) is 17.0 Å². The molecule has 90 valence electrons. The Hall–Kier alpha value is -2.36. The van der Waals surface area contributed by atoms with Crippen molar-refractivity contribution in [2.24, 2.45) is 0 Å². The first-order chi connectivity index (χ1) is 8.81. The van der Waals surface area contributed by atoms with Crippen molar-refractivity contribution in [3.63, 3.8) is 0 Å². The van der Waals surface area contributed by atoms with Crippen LogP contribution in [0.4, 0.5) is 0 Å². The number of fused-ring (bicyclic) bond motifs is 1. The number of hydrogen-bond acceptors (Lipinski definition) is 4. The van der Waals surface area contributed by atoms with Crippen LogP contribution in [-0.2, 0) is 0 Å². The van der Waals surface area contributed by atoms with Crippen molar-refractivity contribution in [1.29, 1.82) is 0 Å². The highest BCUT2D eigenvalue weighted by atomic mass is 16.5. The standard InChI is InChI=1S/C14H12N2O2/c1-9-13-12(18-16-9)7-6-10(14(13)17-2)11-5-3-4-8-15-11/h3-8H,1-2H3. The van der Waals surface area contributed by atoms with Gasteiger partial charge < -0.3 is 9.26 Å². The number of nitrogens with zero attached hydrogens (tertiary/aromatic N) is 2. The Morgan fingerprint density at radius 2 is 2.06 bits per heavy atom. The van der Waals surface area contributed by atoms with Crippen molar-refractivity contribution < 1.29 is 9.26 Å². The van der Waals surface area contributed by atoms with E-state index in [-0.39, 0.29) is 0 Å². The van der Waals surface area contributed by atoms with E-state index in [1.54, 1.807) is 13.3 Å². The fourth-order valence-electron chi connectivity index (χ4n) is 2.08. The molecule has 0 fully saturated rings. The third-order valence-electron chi connectivity index (χ3n) is 2.91. The highest BCUT2D eigenvalue weighted by molar-refractivity contribution is 5.93. The van der Waals surface area contributed by atoms with Crippen LogP contribution in [0.25, 0.3) is 22.2 Å². The minimum atomic E-state index is 0.726. The molecule has 0 aliphatic carbocycles. The molecule has 0 aliphatic rings.